The largest absolute Gasteiger partial charge is 0.325 e. The van der Waals surface area contributed by atoms with Crippen LogP contribution in [0.15, 0.2) is 54.9 Å². The molecule has 1 aromatic heterocycles. The fraction of sp³-hybridized carbons (Fsp3) is 0.250. The zero-order chi connectivity index (χ0) is 16.9. The van der Waals surface area contributed by atoms with Gasteiger partial charge >= 0.3 is 0 Å². The van der Waals surface area contributed by atoms with Crippen molar-refractivity contribution in [3.63, 3.8) is 0 Å². The normalized spacial score (nSPS) is 22.5. The second-order valence-electron chi connectivity index (χ2n) is 6.92. The van der Waals surface area contributed by atoms with Gasteiger partial charge in [0.25, 0.3) is 0 Å². The number of carbonyl (C=O) groups is 1. The summed E-state index contributed by atoms with van der Waals surface area (Å²) in [6.45, 7) is 2.50. The van der Waals surface area contributed by atoms with Gasteiger partial charge in [0.2, 0.25) is 5.91 Å². The minimum Gasteiger partial charge on any atom is -0.325 e. The summed E-state index contributed by atoms with van der Waals surface area (Å²) < 4.78 is 0. The number of carbonyl (C=O) groups excluding carboxylic acids is 1. The zero-order valence-corrected chi connectivity index (χ0v) is 13.8. The van der Waals surface area contributed by atoms with Gasteiger partial charge in [0.1, 0.15) is 0 Å². The highest BCUT2D eigenvalue weighted by molar-refractivity contribution is 6.06. The van der Waals surface area contributed by atoms with Gasteiger partial charge in [-0.1, -0.05) is 24.3 Å². The van der Waals surface area contributed by atoms with Crippen molar-refractivity contribution in [3.05, 3.63) is 66.0 Å². The van der Waals surface area contributed by atoms with E-state index < -0.39 is 5.41 Å². The van der Waals surface area contributed by atoms with Crippen LogP contribution in [0.5, 0.6) is 0 Å². The quantitative estimate of drug-likeness (QED) is 0.785. The summed E-state index contributed by atoms with van der Waals surface area (Å²) in [4.78, 5) is 23.7. The summed E-state index contributed by atoms with van der Waals surface area (Å²) in [5, 5.41) is 3.05. The first-order valence-electron chi connectivity index (χ1n) is 8.58. The third kappa shape index (κ3) is 2.23. The molecular formula is C20H18N4O. The fourth-order valence-corrected chi connectivity index (χ4v) is 4.17. The average molecular weight is 330 g/mol. The molecule has 0 radical (unpaired) electrons. The van der Waals surface area contributed by atoms with Crippen molar-refractivity contribution in [1.82, 2.24) is 14.9 Å². The van der Waals surface area contributed by atoms with Crippen molar-refractivity contribution in [1.29, 1.82) is 0 Å². The summed E-state index contributed by atoms with van der Waals surface area (Å²) in [5.74, 6) is 0.139. The van der Waals surface area contributed by atoms with Crippen LogP contribution in [-0.2, 0) is 16.8 Å². The van der Waals surface area contributed by atoms with E-state index in [9.17, 15) is 4.79 Å². The zero-order valence-electron chi connectivity index (χ0n) is 13.8. The van der Waals surface area contributed by atoms with E-state index in [0.717, 1.165) is 48.3 Å². The molecule has 25 heavy (non-hydrogen) atoms. The van der Waals surface area contributed by atoms with Crippen molar-refractivity contribution in [2.24, 2.45) is 0 Å². The van der Waals surface area contributed by atoms with Crippen molar-refractivity contribution < 1.29 is 4.79 Å². The van der Waals surface area contributed by atoms with Gasteiger partial charge in [0, 0.05) is 31.2 Å². The van der Waals surface area contributed by atoms with Gasteiger partial charge in [0.15, 0.2) is 0 Å². The average Bonchev–Trinajstić information content (AvgIpc) is 3.18. The molecule has 0 saturated carbocycles. The Morgan fingerprint density at radius 1 is 1.08 bits per heavy atom. The Hall–Kier alpha value is -2.79. The molecule has 3 aromatic rings. The predicted octanol–water partition coefficient (Wildman–Crippen LogP) is 2.73. The molecule has 1 unspecified atom stereocenters. The Morgan fingerprint density at radius 3 is 2.84 bits per heavy atom. The lowest BCUT2D eigenvalue weighted by atomic mass is 9.81. The van der Waals surface area contributed by atoms with Gasteiger partial charge in [-0.05, 0) is 42.3 Å². The summed E-state index contributed by atoms with van der Waals surface area (Å²) in [6, 6.07) is 14.3. The van der Waals surface area contributed by atoms with Crippen LogP contribution in [0.4, 0.5) is 5.69 Å². The van der Waals surface area contributed by atoms with Gasteiger partial charge in [0.05, 0.1) is 16.4 Å². The second-order valence-corrected chi connectivity index (χ2v) is 6.92. The predicted molar refractivity (Wildman–Crippen MR) is 96.2 cm³/mol. The highest BCUT2D eigenvalue weighted by Gasteiger charge is 2.50. The number of fused-ring (bicyclic) bond motifs is 3. The maximum Gasteiger partial charge on any atom is 0.236 e. The minimum atomic E-state index is -0.396. The van der Waals surface area contributed by atoms with Crippen LogP contribution >= 0.6 is 0 Å². The van der Waals surface area contributed by atoms with Crippen LogP contribution in [-0.4, -0.2) is 33.9 Å². The molecule has 1 N–H and O–H groups in total. The van der Waals surface area contributed by atoms with E-state index >= 15 is 0 Å². The molecule has 1 atom stereocenters. The van der Waals surface area contributed by atoms with Crippen molar-refractivity contribution in [2.45, 2.75) is 18.4 Å². The molecule has 5 rings (SSSR count). The molecule has 0 bridgehead atoms. The molecule has 5 heteroatoms. The summed E-state index contributed by atoms with van der Waals surface area (Å²) >= 11 is 0. The first-order valence-corrected chi connectivity index (χ1v) is 8.58. The molecule has 5 nitrogen and oxygen atoms in total. The van der Waals surface area contributed by atoms with E-state index in [0.29, 0.717) is 0 Å². The summed E-state index contributed by atoms with van der Waals surface area (Å²) in [7, 11) is 0. The maximum absolute atomic E-state index is 12.7. The molecule has 1 spiro atoms. The number of aromatic nitrogens is 2. The highest BCUT2D eigenvalue weighted by atomic mass is 16.2. The van der Waals surface area contributed by atoms with Gasteiger partial charge in [-0.25, -0.2) is 0 Å². The van der Waals surface area contributed by atoms with Crippen LogP contribution < -0.4 is 5.32 Å². The standard InChI is InChI=1S/C20H18N4O/c25-19-20(15-3-1-2-4-16(15)23-19)7-10-24(13-20)12-14-5-6-17-18(11-14)22-9-8-21-17/h1-6,8-9,11H,7,10,12-13H2,(H,23,25). The number of likely N-dealkylation sites (tertiary alicyclic amines) is 1. The van der Waals surface area contributed by atoms with Crippen molar-refractivity contribution in [2.75, 3.05) is 18.4 Å². The Labute approximate surface area is 145 Å². The number of para-hydroxylation sites is 1. The van der Waals surface area contributed by atoms with E-state index in [1.807, 2.05) is 24.3 Å². The number of hydrogen-bond acceptors (Lipinski definition) is 4. The minimum absolute atomic E-state index is 0.139. The third-order valence-electron chi connectivity index (χ3n) is 5.41. The van der Waals surface area contributed by atoms with Crippen LogP contribution in [0, 0.1) is 0 Å². The molecule has 3 heterocycles. The van der Waals surface area contributed by atoms with Crippen molar-refractivity contribution in [3.8, 4) is 0 Å². The molecule has 124 valence electrons. The molecular weight excluding hydrogens is 312 g/mol. The Kier molecular flexibility index (Phi) is 3.12. The Balaban J connectivity index is 1.41. The summed E-state index contributed by atoms with van der Waals surface area (Å²) in [6.07, 6.45) is 4.29. The molecule has 2 aromatic carbocycles. The van der Waals surface area contributed by atoms with Crippen molar-refractivity contribution >= 4 is 22.6 Å². The summed E-state index contributed by atoms with van der Waals surface area (Å²) in [5.41, 5.74) is 4.75. The molecule has 1 saturated heterocycles. The van der Waals surface area contributed by atoms with Gasteiger partial charge in [-0.2, -0.15) is 0 Å². The number of rotatable bonds is 2. The molecule has 0 aliphatic carbocycles. The third-order valence-corrected chi connectivity index (χ3v) is 5.41. The number of benzene rings is 2. The number of hydrogen-bond donors (Lipinski definition) is 1. The number of nitrogens with zero attached hydrogens (tertiary/aromatic N) is 3. The SMILES string of the molecule is O=C1Nc2ccccc2C12CCN(Cc1ccc3nccnc3c1)C2. The fourth-order valence-electron chi connectivity index (χ4n) is 4.17. The topological polar surface area (TPSA) is 58.1 Å². The Bertz CT molecular complexity index is 986. The van der Waals surface area contributed by atoms with Gasteiger partial charge < -0.3 is 5.32 Å². The van der Waals surface area contributed by atoms with E-state index in [1.54, 1.807) is 12.4 Å². The molecule has 1 amide bonds. The maximum atomic E-state index is 12.7. The number of amides is 1. The first kappa shape index (κ1) is 14.5. The van der Waals surface area contributed by atoms with Crippen LogP contribution in [0.3, 0.4) is 0 Å². The number of anilines is 1. The second kappa shape index (κ2) is 5.36. The van der Waals surface area contributed by atoms with Crippen LogP contribution in [0.1, 0.15) is 17.5 Å². The van der Waals surface area contributed by atoms with E-state index in [4.69, 9.17) is 0 Å². The molecule has 2 aliphatic heterocycles. The molecule has 2 aliphatic rings. The van der Waals surface area contributed by atoms with E-state index in [-0.39, 0.29) is 5.91 Å². The van der Waals surface area contributed by atoms with Crippen LogP contribution in [0.2, 0.25) is 0 Å². The van der Waals surface area contributed by atoms with Gasteiger partial charge in [-0.3, -0.25) is 19.7 Å². The van der Waals surface area contributed by atoms with Gasteiger partial charge in [-0.15, -0.1) is 0 Å². The molecule has 1 fully saturated rings. The lowest BCUT2D eigenvalue weighted by molar-refractivity contribution is -0.120. The monoisotopic (exact) mass is 330 g/mol. The smallest absolute Gasteiger partial charge is 0.236 e. The first-order chi connectivity index (χ1) is 12.2. The lowest BCUT2D eigenvalue weighted by Crippen LogP contribution is -2.37. The number of nitrogens with one attached hydrogen (secondary N) is 1. The highest BCUT2D eigenvalue weighted by Crippen LogP contribution is 2.44. The van der Waals surface area contributed by atoms with E-state index in [2.05, 4.69) is 38.4 Å². The van der Waals surface area contributed by atoms with E-state index in [1.165, 1.54) is 5.56 Å². The van der Waals surface area contributed by atoms with Crippen LogP contribution in [0.25, 0.3) is 11.0 Å². The Morgan fingerprint density at radius 2 is 1.92 bits per heavy atom. The lowest BCUT2D eigenvalue weighted by Gasteiger charge is -2.22.